The Balaban J connectivity index is 1.72. The number of nitrogens with zero attached hydrogens (tertiary/aromatic N) is 2. The molecule has 0 fully saturated rings. The molecule has 0 spiro atoms. The van der Waals surface area contributed by atoms with Crippen molar-refractivity contribution < 1.29 is 14.2 Å². The predicted molar refractivity (Wildman–Crippen MR) is 154 cm³/mol. The second kappa shape index (κ2) is 12.9. The highest BCUT2D eigenvalue weighted by molar-refractivity contribution is 8.13. The molecular weight excluding hydrogens is 480 g/mol. The molecule has 0 N–H and O–H groups in total. The molecule has 190 valence electrons. The van der Waals surface area contributed by atoms with E-state index in [-0.39, 0.29) is 0 Å². The van der Waals surface area contributed by atoms with E-state index in [4.69, 9.17) is 19.2 Å². The third-order valence-electron chi connectivity index (χ3n) is 6.02. The smallest absolute Gasteiger partial charge is 0.164 e. The van der Waals surface area contributed by atoms with Crippen LogP contribution in [0.5, 0.6) is 17.2 Å². The summed E-state index contributed by atoms with van der Waals surface area (Å²) >= 11 is 1.62. The summed E-state index contributed by atoms with van der Waals surface area (Å²) in [6.07, 6.45) is 2.06. The minimum Gasteiger partial charge on any atom is -0.497 e. The van der Waals surface area contributed by atoms with Gasteiger partial charge in [0.15, 0.2) is 5.17 Å². The van der Waals surface area contributed by atoms with Crippen molar-refractivity contribution in [2.75, 3.05) is 27.6 Å². The van der Waals surface area contributed by atoms with Gasteiger partial charge in [0.05, 0.1) is 21.3 Å². The zero-order valence-electron chi connectivity index (χ0n) is 21.7. The van der Waals surface area contributed by atoms with E-state index in [9.17, 15) is 0 Å². The van der Waals surface area contributed by atoms with E-state index in [0.717, 1.165) is 39.2 Å². The van der Waals surface area contributed by atoms with Crippen LogP contribution in [0.2, 0.25) is 0 Å². The lowest BCUT2D eigenvalue weighted by molar-refractivity contribution is 0.404. The molecule has 4 rings (SSSR count). The van der Waals surface area contributed by atoms with E-state index >= 15 is 0 Å². The molecule has 0 aliphatic carbocycles. The van der Waals surface area contributed by atoms with E-state index in [1.165, 1.54) is 11.1 Å². The molecule has 0 atom stereocenters. The number of amidine groups is 1. The first kappa shape index (κ1) is 26.2. The summed E-state index contributed by atoms with van der Waals surface area (Å²) in [5.74, 6) is 2.42. The number of aliphatic imine (C=N–C) groups is 1. The third kappa shape index (κ3) is 6.86. The maximum absolute atomic E-state index is 5.69. The SMILES string of the molecule is COc1ccc(CN(Cc2ccc(OC)cc2)C(=Nc2cc(-c3ccccc3)ccc2OC)SC)cc1. The molecular formula is C31H32N2O3S. The van der Waals surface area contributed by atoms with Gasteiger partial charge in [0.25, 0.3) is 0 Å². The molecule has 6 heteroatoms. The Bertz CT molecular complexity index is 1260. The first-order chi connectivity index (χ1) is 18.1. The van der Waals surface area contributed by atoms with Crippen molar-refractivity contribution in [3.8, 4) is 28.4 Å². The molecule has 37 heavy (non-hydrogen) atoms. The molecule has 4 aromatic carbocycles. The highest BCUT2D eigenvalue weighted by Crippen LogP contribution is 2.34. The van der Waals surface area contributed by atoms with Crippen molar-refractivity contribution >= 4 is 22.6 Å². The monoisotopic (exact) mass is 512 g/mol. The van der Waals surface area contributed by atoms with E-state index < -0.39 is 0 Å². The second-order valence-electron chi connectivity index (χ2n) is 8.40. The number of hydrogen-bond acceptors (Lipinski definition) is 5. The zero-order valence-corrected chi connectivity index (χ0v) is 22.5. The molecule has 0 saturated heterocycles. The number of thioether (sulfide) groups is 1. The maximum atomic E-state index is 5.69. The van der Waals surface area contributed by atoms with Crippen LogP contribution in [0, 0.1) is 0 Å². The standard InChI is InChI=1S/C31H32N2O3S/c1-34-27-15-10-23(11-16-27)21-33(22-24-12-17-28(35-2)18-13-24)31(37-4)32-29-20-26(14-19-30(29)36-3)25-8-6-5-7-9-25/h5-20H,21-22H2,1-4H3. The number of rotatable bonds is 9. The van der Waals surface area contributed by atoms with E-state index in [2.05, 4.69) is 59.7 Å². The summed E-state index contributed by atoms with van der Waals surface area (Å²) in [4.78, 5) is 7.41. The molecule has 0 radical (unpaired) electrons. The lowest BCUT2D eigenvalue weighted by Crippen LogP contribution is -2.27. The van der Waals surface area contributed by atoms with Crippen LogP contribution in [0.4, 0.5) is 5.69 Å². The van der Waals surface area contributed by atoms with Gasteiger partial charge in [-0.3, -0.25) is 0 Å². The van der Waals surface area contributed by atoms with Gasteiger partial charge in [-0.25, -0.2) is 4.99 Å². The maximum Gasteiger partial charge on any atom is 0.164 e. The Morgan fingerprint density at radius 3 is 1.73 bits per heavy atom. The van der Waals surface area contributed by atoms with Gasteiger partial charge in [0.2, 0.25) is 0 Å². The Kier molecular flexibility index (Phi) is 9.11. The Morgan fingerprint density at radius 2 is 1.24 bits per heavy atom. The number of hydrogen-bond donors (Lipinski definition) is 0. The molecule has 0 bridgehead atoms. The molecule has 0 aromatic heterocycles. The molecule has 0 saturated carbocycles. The van der Waals surface area contributed by atoms with Gasteiger partial charge in [0, 0.05) is 13.1 Å². The van der Waals surface area contributed by atoms with Gasteiger partial charge < -0.3 is 19.1 Å². The van der Waals surface area contributed by atoms with Crippen LogP contribution >= 0.6 is 11.8 Å². The summed E-state index contributed by atoms with van der Waals surface area (Å²) in [6.45, 7) is 1.38. The fourth-order valence-electron chi connectivity index (χ4n) is 4.03. The molecule has 5 nitrogen and oxygen atoms in total. The first-order valence-electron chi connectivity index (χ1n) is 12.0. The minimum absolute atomic E-state index is 0.691. The minimum atomic E-state index is 0.691. The number of benzene rings is 4. The van der Waals surface area contributed by atoms with Crippen molar-refractivity contribution in [1.82, 2.24) is 4.90 Å². The largest absolute Gasteiger partial charge is 0.497 e. The Hall–Kier alpha value is -3.90. The van der Waals surface area contributed by atoms with Gasteiger partial charge in [-0.2, -0.15) is 0 Å². The van der Waals surface area contributed by atoms with Crippen LogP contribution in [0.15, 0.2) is 102 Å². The lowest BCUT2D eigenvalue weighted by Gasteiger charge is -2.26. The van der Waals surface area contributed by atoms with Gasteiger partial charge >= 0.3 is 0 Å². The highest BCUT2D eigenvalue weighted by atomic mass is 32.2. The summed E-state index contributed by atoms with van der Waals surface area (Å²) in [5.41, 5.74) is 5.36. The third-order valence-corrected chi connectivity index (χ3v) is 6.73. The number of methoxy groups -OCH3 is 3. The first-order valence-corrected chi connectivity index (χ1v) is 13.2. The van der Waals surface area contributed by atoms with Crippen LogP contribution in [-0.2, 0) is 13.1 Å². The van der Waals surface area contributed by atoms with Crippen molar-refractivity contribution in [1.29, 1.82) is 0 Å². The molecule has 0 aliphatic rings. The van der Waals surface area contributed by atoms with Crippen LogP contribution < -0.4 is 14.2 Å². The van der Waals surface area contributed by atoms with Gasteiger partial charge in [-0.15, -0.1) is 0 Å². The van der Waals surface area contributed by atoms with Crippen LogP contribution in [0.1, 0.15) is 11.1 Å². The molecule has 0 heterocycles. The normalized spacial score (nSPS) is 11.2. The summed E-state index contributed by atoms with van der Waals surface area (Å²) < 4.78 is 16.4. The van der Waals surface area contributed by atoms with Crippen molar-refractivity contribution in [3.05, 3.63) is 108 Å². The fraction of sp³-hybridized carbons (Fsp3) is 0.194. The number of ether oxygens (including phenoxy) is 3. The average molecular weight is 513 g/mol. The lowest BCUT2D eigenvalue weighted by atomic mass is 10.0. The van der Waals surface area contributed by atoms with Crippen LogP contribution in [0.3, 0.4) is 0 Å². The highest BCUT2D eigenvalue weighted by Gasteiger charge is 2.15. The van der Waals surface area contributed by atoms with Crippen LogP contribution in [-0.4, -0.2) is 37.7 Å². The van der Waals surface area contributed by atoms with E-state index in [1.807, 2.05) is 48.5 Å². The summed E-state index contributed by atoms with van der Waals surface area (Å²) in [7, 11) is 5.04. The summed E-state index contributed by atoms with van der Waals surface area (Å²) in [5, 5.41) is 0.898. The Labute approximate surface area is 223 Å². The Morgan fingerprint density at radius 1 is 0.676 bits per heavy atom. The van der Waals surface area contributed by atoms with Crippen molar-refractivity contribution in [3.63, 3.8) is 0 Å². The van der Waals surface area contributed by atoms with Gasteiger partial charge in [-0.1, -0.05) is 72.4 Å². The average Bonchev–Trinajstić information content (AvgIpc) is 2.96. The van der Waals surface area contributed by atoms with Gasteiger partial charge in [0.1, 0.15) is 22.9 Å². The molecule has 4 aromatic rings. The van der Waals surface area contributed by atoms with Crippen LogP contribution in [0.25, 0.3) is 11.1 Å². The van der Waals surface area contributed by atoms with Crippen molar-refractivity contribution in [2.24, 2.45) is 4.99 Å². The van der Waals surface area contributed by atoms with Gasteiger partial charge in [-0.05, 0) is 64.9 Å². The molecule has 0 amide bonds. The molecule has 0 aliphatic heterocycles. The zero-order chi connectivity index (χ0) is 26.0. The fourth-order valence-corrected chi connectivity index (χ4v) is 4.61. The topological polar surface area (TPSA) is 43.3 Å². The molecule has 0 unspecified atom stereocenters. The second-order valence-corrected chi connectivity index (χ2v) is 9.18. The summed E-state index contributed by atoms with van der Waals surface area (Å²) in [6, 6.07) is 32.8. The van der Waals surface area contributed by atoms with E-state index in [0.29, 0.717) is 13.1 Å². The van der Waals surface area contributed by atoms with E-state index in [1.54, 1.807) is 33.1 Å². The predicted octanol–water partition coefficient (Wildman–Crippen LogP) is 7.43. The quantitative estimate of drug-likeness (QED) is 0.172. The van der Waals surface area contributed by atoms with Crippen molar-refractivity contribution in [2.45, 2.75) is 13.1 Å².